The first-order valence-electron chi connectivity index (χ1n) is 8.58. The summed E-state index contributed by atoms with van der Waals surface area (Å²) in [6.45, 7) is 4.60. The molecule has 0 radical (unpaired) electrons. The molecule has 1 fully saturated rings. The molecular formula is C18H20N2O4S2. The summed E-state index contributed by atoms with van der Waals surface area (Å²) in [5.41, 5.74) is 1.41. The van der Waals surface area contributed by atoms with Crippen LogP contribution in [0.4, 0.5) is 0 Å². The average Bonchev–Trinajstić information content (AvgIpc) is 3.06. The van der Waals surface area contributed by atoms with Crippen molar-refractivity contribution in [1.29, 1.82) is 0 Å². The van der Waals surface area contributed by atoms with Gasteiger partial charge >= 0.3 is 0 Å². The van der Waals surface area contributed by atoms with Gasteiger partial charge in [-0.05, 0) is 17.7 Å². The van der Waals surface area contributed by atoms with Crippen LogP contribution >= 0.6 is 11.3 Å². The molecular weight excluding hydrogens is 372 g/mol. The lowest BCUT2D eigenvalue weighted by molar-refractivity contribution is 0.0383. The van der Waals surface area contributed by atoms with Gasteiger partial charge in [-0.2, -0.15) is 0 Å². The summed E-state index contributed by atoms with van der Waals surface area (Å²) < 4.78 is 30.2. The molecule has 1 saturated heterocycles. The monoisotopic (exact) mass is 392 g/mol. The van der Waals surface area contributed by atoms with Crippen molar-refractivity contribution in [2.75, 3.05) is 39.4 Å². The van der Waals surface area contributed by atoms with E-state index < -0.39 is 9.84 Å². The number of ether oxygens (including phenoxy) is 1. The van der Waals surface area contributed by atoms with E-state index in [1.807, 2.05) is 12.1 Å². The van der Waals surface area contributed by atoms with Crippen molar-refractivity contribution in [3.8, 4) is 10.4 Å². The van der Waals surface area contributed by atoms with Crippen LogP contribution in [-0.2, 0) is 20.3 Å². The maximum Gasteiger partial charge on any atom is 0.261 e. The first-order valence-corrected chi connectivity index (χ1v) is 11.0. The minimum Gasteiger partial charge on any atom is -0.379 e. The maximum absolute atomic E-state index is 12.5. The molecule has 1 aromatic carbocycles. The quantitative estimate of drug-likeness (QED) is 0.858. The Labute approximate surface area is 156 Å². The number of rotatable bonds is 4. The van der Waals surface area contributed by atoms with Crippen LogP contribution < -0.4 is 5.32 Å². The number of amides is 1. The largest absolute Gasteiger partial charge is 0.379 e. The summed E-state index contributed by atoms with van der Waals surface area (Å²) >= 11 is 1.36. The minimum absolute atomic E-state index is 0.0447. The number of hydrogen-bond acceptors (Lipinski definition) is 6. The lowest BCUT2D eigenvalue weighted by Gasteiger charge is -2.26. The third-order valence-electron chi connectivity index (χ3n) is 4.66. The zero-order chi connectivity index (χ0) is 18.1. The Morgan fingerprint density at radius 2 is 2.00 bits per heavy atom. The molecule has 2 aromatic rings. The number of nitrogens with one attached hydrogen (secondary N) is 1. The van der Waals surface area contributed by atoms with Crippen LogP contribution in [0.5, 0.6) is 0 Å². The summed E-state index contributed by atoms with van der Waals surface area (Å²) in [5, 5.41) is 2.94. The zero-order valence-electron chi connectivity index (χ0n) is 14.2. The summed E-state index contributed by atoms with van der Waals surface area (Å²) in [7, 11) is -3.34. The van der Waals surface area contributed by atoms with Crippen molar-refractivity contribution in [3.63, 3.8) is 0 Å². The van der Waals surface area contributed by atoms with Crippen LogP contribution in [0.3, 0.4) is 0 Å². The van der Waals surface area contributed by atoms with Crippen molar-refractivity contribution in [3.05, 3.63) is 40.8 Å². The maximum atomic E-state index is 12.5. The first-order chi connectivity index (χ1) is 12.5. The molecule has 0 bridgehead atoms. The lowest BCUT2D eigenvalue weighted by atomic mass is 10.1. The Hall–Kier alpha value is -1.74. The number of carbonyl (C=O) groups is 1. The number of carbonyl (C=O) groups excluding carboxylic acids is 1. The molecule has 1 amide bonds. The van der Waals surface area contributed by atoms with E-state index >= 15 is 0 Å². The molecule has 2 aliphatic heterocycles. The number of fused-ring (bicyclic) bond motifs is 3. The van der Waals surface area contributed by atoms with Gasteiger partial charge in [0.1, 0.15) is 0 Å². The fraction of sp³-hybridized carbons (Fsp3) is 0.389. The molecule has 0 aliphatic carbocycles. The number of nitrogens with zero attached hydrogens (tertiary/aromatic N) is 1. The zero-order valence-corrected chi connectivity index (χ0v) is 15.9. The summed E-state index contributed by atoms with van der Waals surface area (Å²) in [6, 6.07) is 8.72. The molecule has 6 nitrogen and oxygen atoms in total. The Morgan fingerprint density at radius 3 is 2.81 bits per heavy atom. The highest BCUT2D eigenvalue weighted by Gasteiger charge is 2.30. The molecule has 3 heterocycles. The highest BCUT2D eigenvalue weighted by molar-refractivity contribution is 7.91. The van der Waals surface area contributed by atoms with Crippen molar-refractivity contribution in [1.82, 2.24) is 10.2 Å². The van der Waals surface area contributed by atoms with Crippen LogP contribution in [-0.4, -0.2) is 58.6 Å². The van der Waals surface area contributed by atoms with Gasteiger partial charge in [0.05, 0.1) is 28.7 Å². The number of morpholine rings is 1. The van der Waals surface area contributed by atoms with E-state index in [1.54, 1.807) is 18.2 Å². The van der Waals surface area contributed by atoms with Crippen LogP contribution in [0.2, 0.25) is 0 Å². The van der Waals surface area contributed by atoms with Crippen molar-refractivity contribution < 1.29 is 17.9 Å². The second-order valence-electron chi connectivity index (χ2n) is 6.43. The van der Waals surface area contributed by atoms with Gasteiger partial charge < -0.3 is 10.1 Å². The van der Waals surface area contributed by atoms with Gasteiger partial charge in [-0.25, -0.2) is 8.42 Å². The Balaban J connectivity index is 1.48. The van der Waals surface area contributed by atoms with Gasteiger partial charge in [0.15, 0.2) is 9.84 Å². The van der Waals surface area contributed by atoms with E-state index in [-0.39, 0.29) is 11.7 Å². The van der Waals surface area contributed by atoms with E-state index in [2.05, 4.69) is 10.2 Å². The van der Waals surface area contributed by atoms with Gasteiger partial charge in [0.25, 0.3) is 5.91 Å². The highest BCUT2D eigenvalue weighted by atomic mass is 32.2. The van der Waals surface area contributed by atoms with Crippen molar-refractivity contribution in [2.45, 2.75) is 10.6 Å². The topological polar surface area (TPSA) is 75.7 Å². The second-order valence-corrected chi connectivity index (χ2v) is 9.44. The number of thiophene rings is 1. The van der Waals surface area contributed by atoms with E-state index in [1.165, 1.54) is 11.3 Å². The highest BCUT2D eigenvalue weighted by Crippen LogP contribution is 2.42. The van der Waals surface area contributed by atoms with Gasteiger partial charge in [0, 0.05) is 36.6 Å². The van der Waals surface area contributed by atoms with E-state index in [0.29, 0.717) is 27.4 Å². The summed E-state index contributed by atoms with van der Waals surface area (Å²) in [6.07, 6.45) is 0. The molecule has 0 spiro atoms. The van der Waals surface area contributed by atoms with Gasteiger partial charge in [0.2, 0.25) is 0 Å². The Morgan fingerprint density at radius 1 is 1.23 bits per heavy atom. The standard InChI is InChI=1S/C18H20N2O4S2/c21-18(19-5-6-20-7-9-24-10-8-20)15-11-13-12-26(22,23)16-4-2-1-3-14(16)17(13)25-15/h1-4,11H,5-10,12H2,(H,19,21). The number of sulfone groups is 1. The van der Waals surface area contributed by atoms with Crippen LogP contribution in [0.25, 0.3) is 10.4 Å². The molecule has 0 unspecified atom stereocenters. The van der Waals surface area contributed by atoms with E-state index in [4.69, 9.17) is 4.74 Å². The van der Waals surface area contributed by atoms with Gasteiger partial charge in [-0.1, -0.05) is 18.2 Å². The molecule has 1 N–H and O–H groups in total. The van der Waals surface area contributed by atoms with Gasteiger partial charge in [-0.15, -0.1) is 11.3 Å². The molecule has 138 valence electrons. The second kappa shape index (κ2) is 7.11. The SMILES string of the molecule is O=C(NCCN1CCOCC1)c1cc2c(s1)-c1ccccc1S(=O)(=O)C2. The Kier molecular flexibility index (Phi) is 4.83. The molecule has 26 heavy (non-hydrogen) atoms. The van der Waals surface area contributed by atoms with Crippen LogP contribution in [0.15, 0.2) is 35.2 Å². The van der Waals surface area contributed by atoms with E-state index in [9.17, 15) is 13.2 Å². The molecule has 8 heteroatoms. The molecule has 2 aliphatic rings. The predicted molar refractivity (Wildman–Crippen MR) is 100 cm³/mol. The minimum atomic E-state index is -3.34. The van der Waals surface area contributed by atoms with Crippen LogP contribution in [0.1, 0.15) is 15.2 Å². The Bertz CT molecular complexity index is 930. The summed E-state index contributed by atoms with van der Waals surface area (Å²) in [5.74, 6) is -0.191. The smallest absolute Gasteiger partial charge is 0.261 e. The third kappa shape index (κ3) is 3.42. The fourth-order valence-electron chi connectivity index (χ4n) is 3.32. The molecule has 0 saturated carbocycles. The average molecular weight is 393 g/mol. The normalized spacial score (nSPS) is 18.8. The lowest BCUT2D eigenvalue weighted by Crippen LogP contribution is -2.41. The van der Waals surface area contributed by atoms with Crippen molar-refractivity contribution in [2.24, 2.45) is 0 Å². The molecule has 1 aromatic heterocycles. The van der Waals surface area contributed by atoms with E-state index in [0.717, 1.165) is 37.7 Å². The molecule has 0 atom stereocenters. The predicted octanol–water partition coefficient (Wildman–Crippen LogP) is 1.76. The van der Waals surface area contributed by atoms with Crippen molar-refractivity contribution >= 4 is 27.1 Å². The summed E-state index contributed by atoms with van der Waals surface area (Å²) in [4.78, 5) is 16.5. The van der Waals surface area contributed by atoms with Gasteiger partial charge in [-0.3, -0.25) is 9.69 Å². The number of benzene rings is 1. The first kappa shape index (κ1) is 17.7. The fourth-order valence-corrected chi connectivity index (χ4v) is 6.20. The van der Waals surface area contributed by atoms with Crippen LogP contribution in [0, 0.1) is 0 Å². The number of hydrogen-bond donors (Lipinski definition) is 1. The molecule has 4 rings (SSSR count). The third-order valence-corrected chi connectivity index (χ3v) is 7.59.